The Balaban J connectivity index is 2.10. The molecule has 19 heavy (non-hydrogen) atoms. The zero-order valence-electron chi connectivity index (χ0n) is 11.0. The van der Waals surface area contributed by atoms with E-state index >= 15 is 0 Å². The Bertz CT molecular complexity index is 686. The molecule has 0 spiro atoms. The molecule has 0 aliphatic carbocycles. The van der Waals surface area contributed by atoms with Crippen LogP contribution in [0.1, 0.15) is 25.5 Å². The number of aromatic nitrogens is 3. The summed E-state index contributed by atoms with van der Waals surface area (Å²) in [7, 11) is 0. The molecule has 96 valence electrons. The van der Waals surface area contributed by atoms with Crippen LogP contribution in [0.4, 0.5) is 11.5 Å². The maximum Gasteiger partial charge on any atom is 0.141 e. The third kappa shape index (κ3) is 2.17. The molecule has 0 unspecified atom stereocenters. The van der Waals surface area contributed by atoms with E-state index in [9.17, 15) is 0 Å². The number of anilines is 2. The van der Waals surface area contributed by atoms with Gasteiger partial charge in [-0.2, -0.15) is 5.10 Å². The smallest absolute Gasteiger partial charge is 0.141 e. The lowest BCUT2D eigenvalue weighted by Gasteiger charge is -2.08. The highest BCUT2D eigenvalue weighted by Crippen LogP contribution is 2.29. The quantitative estimate of drug-likeness (QED) is 0.745. The van der Waals surface area contributed by atoms with E-state index in [1.165, 1.54) is 0 Å². The first-order valence-electron chi connectivity index (χ1n) is 6.41. The van der Waals surface area contributed by atoms with Crippen molar-refractivity contribution in [3.8, 4) is 0 Å². The summed E-state index contributed by atoms with van der Waals surface area (Å²) in [5.41, 5.74) is 3.08. The van der Waals surface area contributed by atoms with Gasteiger partial charge < -0.3 is 5.32 Å². The average molecular weight is 252 g/mol. The van der Waals surface area contributed by atoms with Gasteiger partial charge in [0.05, 0.1) is 16.6 Å². The van der Waals surface area contributed by atoms with Crippen molar-refractivity contribution >= 4 is 22.4 Å². The lowest BCUT2D eigenvalue weighted by atomic mass is 10.1. The summed E-state index contributed by atoms with van der Waals surface area (Å²) in [5, 5.41) is 11.9. The molecule has 0 aliphatic heterocycles. The molecule has 2 aromatic heterocycles. The molecule has 2 N–H and O–H groups in total. The van der Waals surface area contributed by atoms with Crippen LogP contribution in [-0.2, 0) is 0 Å². The van der Waals surface area contributed by atoms with Crippen molar-refractivity contribution in [1.29, 1.82) is 0 Å². The van der Waals surface area contributed by atoms with Crippen LogP contribution in [0.3, 0.4) is 0 Å². The number of para-hydroxylation sites is 1. The summed E-state index contributed by atoms with van der Waals surface area (Å²) in [4.78, 5) is 4.45. The highest BCUT2D eigenvalue weighted by Gasteiger charge is 2.14. The number of rotatable bonds is 3. The molecule has 0 amide bonds. The van der Waals surface area contributed by atoms with E-state index in [2.05, 4.69) is 34.3 Å². The Hall–Kier alpha value is -2.36. The fraction of sp³-hybridized carbons (Fsp3) is 0.200. The van der Waals surface area contributed by atoms with E-state index in [-0.39, 0.29) is 0 Å². The Labute approximate surface area is 111 Å². The number of H-pyrrole nitrogens is 1. The fourth-order valence-electron chi connectivity index (χ4n) is 2.16. The van der Waals surface area contributed by atoms with Crippen molar-refractivity contribution in [2.45, 2.75) is 19.8 Å². The molecule has 1 aromatic carbocycles. The Morgan fingerprint density at radius 3 is 2.63 bits per heavy atom. The number of nitrogens with one attached hydrogen (secondary N) is 2. The van der Waals surface area contributed by atoms with Crippen molar-refractivity contribution in [2.75, 3.05) is 5.32 Å². The number of pyridine rings is 1. The summed E-state index contributed by atoms with van der Waals surface area (Å²) in [6, 6.07) is 12.0. The van der Waals surface area contributed by atoms with Gasteiger partial charge in [-0.3, -0.25) is 5.10 Å². The zero-order valence-corrected chi connectivity index (χ0v) is 11.0. The van der Waals surface area contributed by atoms with Gasteiger partial charge in [-0.25, -0.2) is 4.98 Å². The predicted molar refractivity (Wildman–Crippen MR) is 77.7 cm³/mol. The van der Waals surface area contributed by atoms with Gasteiger partial charge in [-0.1, -0.05) is 32.0 Å². The van der Waals surface area contributed by atoms with Gasteiger partial charge in [0.25, 0.3) is 0 Å². The zero-order chi connectivity index (χ0) is 13.2. The second kappa shape index (κ2) is 4.72. The molecule has 0 aliphatic rings. The molecule has 0 saturated heterocycles. The van der Waals surface area contributed by atoms with E-state index in [1.54, 1.807) is 6.20 Å². The number of aromatic amines is 1. The van der Waals surface area contributed by atoms with Gasteiger partial charge in [0.2, 0.25) is 0 Å². The minimum absolute atomic E-state index is 0.356. The van der Waals surface area contributed by atoms with Crippen molar-refractivity contribution in [3.63, 3.8) is 0 Å². The largest absolute Gasteiger partial charge is 0.340 e. The van der Waals surface area contributed by atoms with E-state index in [1.807, 2.05) is 36.4 Å². The number of hydrogen-bond donors (Lipinski definition) is 2. The topological polar surface area (TPSA) is 53.6 Å². The summed E-state index contributed by atoms with van der Waals surface area (Å²) in [6.07, 6.45) is 1.79. The lowest BCUT2D eigenvalue weighted by molar-refractivity contribution is 0.818. The summed E-state index contributed by atoms with van der Waals surface area (Å²) in [5.74, 6) is 1.20. The van der Waals surface area contributed by atoms with Crippen LogP contribution in [0.25, 0.3) is 10.9 Å². The van der Waals surface area contributed by atoms with Crippen LogP contribution in [0, 0.1) is 0 Å². The summed E-state index contributed by atoms with van der Waals surface area (Å²) in [6.45, 7) is 4.27. The molecule has 0 atom stereocenters. The number of benzene rings is 1. The van der Waals surface area contributed by atoms with Crippen molar-refractivity contribution in [3.05, 3.63) is 48.3 Å². The van der Waals surface area contributed by atoms with Crippen molar-refractivity contribution in [1.82, 2.24) is 15.2 Å². The lowest BCUT2D eigenvalue weighted by Crippen LogP contribution is -1.96. The van der Waals surface area contributed by atoms with Gasteiger partial charge in [-0.05, 0) is 24.1 Å². The second-order valence-corrected chi connectivity index (χ2v) is 4.84. The molecular formula is C15H16N4. The fourth-order valence-corrected chi connectivity index (χ4v) is 2.16. The Kier molecular flexibility index (Phi) is 2.91. The predicted octanol–water partition coefficient (Wildman–Crippen LogP) is 3.82. The minimum atomic E-state index is 0.356. The van der Waals surface area contributed by atoms with Crippen LogP contribution in [0.15, 0.2) is 42.6 Å². The molecule has 4 nitrogen and oxygen atoms in total. The molecule has 2 heterocycles. The first kappa shape index (κ1) is 11.7. The van der Waals surface area contributed by atoms with Crippen LogP contribution in [0.5, 0.6) is 0 Å². The van der Waals surface area contributed by atoms with Gasteiger partial charge in [0.1, 0.15) is 5.82 Å². The van der Waals surface area contributed by atoms with Crippen LogP contribution < -0.4 is 5.32 Å². The monoisotopic (exact) mass is 252 g/mol. The molecule has 0 radical (unpaired) electrons. The second-order valence-electron chi connectivity index (χ2n) is 4.84. The maximum atomic E-state index is 4.45. The van der Waals surface area contributed by atoms with Crippen LogP contribution >= 0.6 is 0 Å². The molecule has 0 bridgehead atoms. The minimum Gasteiger partial charge on any atom is -0.340 e. The third-order valence-electron chi connectivity index (χ3n) is 3.09. The molecule has 3 rings (SSSR count). The Morgan fingerprint density at radius 2 is 1.89 bits per heavy atom. The van der Waals surface area contributed by atoms with Gasteiger partial charge >= 0.3 is 0 Å². The first-order valence-corrected chi connectivity index (χ1v) is 6.41. The van der Waals surface area contributed by atoms with E-state index in [0.717, 1.165) is 28.1 Å². The van der Waals surface area contributed by atoms with Crippen molar-refractivity contribution in [2.24, 2.45) is 0 Å². The molecular weight excluding hydrogens is 236 g/mol. The maximum absolute atomic E-state index is 4.45. The normalized spacial score (nSPS) is 11.1. The Morgan fingerprint density at radius 1 is 1.11 bits per heavy atom. The van der Waals surface area contributed by atoms with Gasteiger partial charge in [-0.15, -0.1) is 0 Å². The highest BCUT2D eigenvalue weighted by molar-refractivity contribution is 5.93. The van der Waals surface area contributed by atoms with Crippen molar-refractivity contribution < 1.29 is 0 Å². The number of nitrogens with zero attached hydrogens (tertiary/aromatic N) is 2. The summed E-state index contributed by atoms with van der Waals surface area (Å²) >= 11 is 0. The van der Waals surface area contributed by atoms with E-state index < -0.39 is 0 Å². The third-order valence-corrected chi connectivity index (χ3v) is 3.09. The molecule has 3 aromatic rings. The van der Waals surface area contributed by atoms with Gasteiger partial charge in [0, 0.05) is 11.9 Å². The van der Waals surface area contributed by atoms with Crippen LogP contribution in [0.2, 0.25) is 0 Å². The summed E-state index contributed by atoms with van der Waals surface area (Å²) < 4.78 is 0. The first-order chi connectivity index (χ1) is 9.25. The molecule has 4 heteroatoms. The van der Waals surface area contributed by atoms with Gasteiger partial charge in [0.15, 0.2) is 0 Å². The molecule has 0 fully saturated rings. The number of fused-ring (bicyclic) bond motifs is 1. The van der Waals surface area contributed by atoms with E-state index in [0.29, 0.717) is 5.92 Å². The standard InChI is InChI=1S/C15H16N4/c1-10(2)14-13-12(18-19-14)8-9-16-15(13)17-11-6-4-3-5-7-11/h3-10H,1-2H3,(H,16,17)(H,18,19). The van der Waals surface area contributed by atoms with Crippen LogP contribution in [-0.4, -0.2) is 15.2 Å². The van der Waals surface area contributed by atoms with E-state index in [4.69, 9.17) is 0 Å². The SMILES string of the molecule is CC(C)c1n[nH]c2ccnc(Nc3ccccc3)c12. The molecule has 0 saturated carbocycles. The number of hydrogen-bond acceptors (Lipinski definition) is 3. The highest BCUT2D eigenvalue weighted by atomic mass is 15.1. The average Bonchev–Trinajstić information content (AvgIpc) is 2.85.